The number of carbonyl (C=O) groups excluding carboxylic acids is 1. The molecule has 2 rings (SSSR count). The van der Waals surface area contributed by atoms with Crippen molar-refractivity contribution in [3.63, 3.8) is 0 Å². The molecule has 0 aliphatic heterocycles. The number of thiazole rings is 1. The first-order valence-corrected chi connectivity index (χ1v) is 7.83. The number of benzene rings is 1. The van der Waals surface area contributed by atoms with Crippen molar-refractivity contribution < 1.29 is 4.79 Å². The summed E-state index contributed by atoms with van der Waals surface area (Å²) < 4.78 is 0. The third kappa shape index (κ3) is 3.68. The van der Waals surface area contributed by atoms with Crippen LogP contribution < -0.4 is 5.73 Å². The predicted molar refractivity (Wildman–Crippen MR) is 85.9 cm³/mol. The number of hydrogen-bond donors (Lipinski definition) is 1. The molecule has 1 aromatic heterocycles. The van der Waals surface area contributed by atoms with Crippen molar-refractivity contribution in [2.24, 2.45) is 11.7 Å². The minimum absolute atomic E-state index is 0.0548. The Bertz CT molecular complexity index is 597. The van der Waals surface area contributed by atoms with Crippen LogP contribution in [0.5, 0.6) is 0 Å². The molecule has 0 saturated carbocycles. The number of aryl methyl sites for hydroxylation is 1. The van der Waals surface area contributed by atoms with Gasteiger partial charge in [0.25, 0.3) is 0 Å². The molecule has 2 atom stereocenters. The molecule has 0 saturated heterocycles. The second kappa shape index (κ2) is 6.83. The molecule has 1 amide bonds. The van der Waals surface area contributed by atoms with Crippen LogP contribution in [0.15, 0.2) is 35.8 Å². The summed E-state index contributed by atoms with van der Waals surface area (Å²) >= 11 is 1.58. The van der Waals surface area contributed by atoms with Gasteiger partial charge < -0.3 is 10.6 Å². The van der Waals surface area contributed by atoms with Gasteiger partial charge in [-0.25, -0.2) is 4.98 Å². The first kappa shape index (κ1) is 15.7. The summed E-state index contributed by atoms with van der Waals surface area (Å²) in [7, 11) is 1.82. The fourth-order valence-corrected chi connectivity index (χ4v) is 3.07. The van der Waals surface area contributed by atoms with Crippen LogP contribution >= 0.6 is 11.3 Å². The number of rotatable bonds is 5. The van der Waals surface area contributed by atoms with Gasteiger partial charge >= 0.3 is 0 Å². The standard InChI is InChI=1S/C16H21N3OS/c1-11(15(17)13-7-5-4-6-8-13)16(20)19(3)9-14-12(2)18-10-21-14/h4-8,10-11,15H,9,17H2,1-3H3. The highest BCUT2D eigenvalue weighted by atomic mass is 32.1. The lowest BCUT2D eigenvalue weighted by Gasteiger charge is -2.25. The van der Waals surface area contributed by atoms with Gasteiger partial charge in [0.1, 0.15) is 0 Å². The maximum absolute atomic E-state index is 12.5. The Hall–Kier alpha value is -1.72. The Morgan fingerprint density at radius 1 is 1.38 bits per heavy atom. The Morgan fingerprint density at radius 3 is 2.62 bits per heavy atom. The van der Waals surface area contributed by atoms with Gasteiger partial charge in [-0.2, -0.15) is 0 Å². The minimum atomic E-state index is -0.288. The molecule has 0 spiro atoms. The van der Waals surface area contributed by atoms with Crippen molar-refractivity contribution in [1.82, 2.24) is 9.88 Å². The molecule has 4 nitrogen and oxygen atoms in total. The van der Waals surface area contributed by atoms with Crippen LogP contribution in [0.25, 0.3) is 0 Å². The topological polar surface area (TPSA) is 59.2 Å². The fourth-order valence-electron chi connectivity index (χ4n) is 2.24. The van der Waals surface area contributed by atoms with Gasteiger partial charge in [-0.05, 0) is 12.5 Å². The average molecular weight is 303 g/mol. The van der Waals surface area contributed by atoms with Crippen LogP contribution in [-0.4, -0.2) is 22.8 Å². The molecule has 5 heteroatoms. The van der Waals surface area contributed by atoms with Gasteiger partial charge in [0, 0.05) is 18.0 Å². The van der Waals surface area contributed by atoms with Crippen molar-refractivity contribution in [3.8, 4) is 0 Å². The molecule has 21 heavy (non-hydrogen) atoms. The second-order valence-corrected chi connectivity index (χ2v) is 6.22. The summed E-state index contributed by atoms with van der Waals surface area (Å²) in [4.78, 5) is 19.6. The summed E-state index contributed by atoms with van der Waals surface area (Å²) in [6.07, 6.45) is 0. The van der Waals surface area contributed by atoms with E-state index in [0.29, 0.717) is 6.54 Å². The molecular formula is C16H21N3OS. The number of amides is 1. The molecule has 112 valence electrons. The van der Waals surface area contributed by atoms with Crippen LogP contribution in [-0.2, 0) is 11.3 Å². The molecule has 0 radical (unpaired) electrons. The zero-order valence-corrected chi connectivity index (χ0v) is 13.4. The van der Waals surface area contributed by atoms with E-state index in [2.05, 4.69) is 4.98 Å². The van der Waals surface area contributed by atoms with Crippen molar-refractivity contribution >= 4 is 17.2 Å². The fraction of sp³-hybridized carbons (Fsp3) is 0.375. The Morgan fingerprint density at radius 2 is 2.05 bits per heavy atom. The molecule has 2 unspecified atom stereocenters. The summed E-state index contributed by atoms with van der Waals surface area (Å²) in [5, 5.41) is 0. The quantitative estimate of drug-likeness (QED) is 0.924. The molecule has 0 aliphatic rings. The van der Waals surface area contributed by atoms with Gasteiger partial charge in [-0.3, -0.25) is 4.79 Å². The Balaban J connectivity index is 2.03. The van der Waals surface area contributed by atoms with E-state index < -0.39 is 0 Å². The average Bonchev–Trinajstić information content (AvgIpc) is 2.91. The van der Waals surface area contributed by atoms with Gasteiger partial charge in [-0.15, -0.1) is 11.3 Å². The van der Waals surface area contributed by atoms with Crippen LogP contribution in [0.1, 0.15) is 29.1 Å². The summed E-state index contributed by atoms with van der Waals surface area (Å²) in [5.74, 6) is -0.204. The molecule has 2 aromatic rings. The van der Waals surface area contributed by atoms with Crippen molar-refractivity contribution in [1.29, 1.82) is 0 Å². The number of hydrogen-bond acceptors (Lipinski definition) is 4. The van der Waals surface area contributed by atoms with E-state index in [1.807, 2.05) is 56.7 Å². The summed E-state index contributed by atoms with van der Waals surface area (Å²) in [6, 6.07) is 9.46. The highest BCUT2D eigenvalue weighted by Gasteiger charge is 2.25. The summed E-state index contributed by atoms with van der Waals surface area (Å²) in [6.45, 7) is 4.43. The molecule has 2 N–H and O–H groups in total. The maximum atomic E-state index is 12.5. The second-order valence-electron chi connectivity index (χ2n) is 5.28. The Kier molecular flexibility index (Phi) is 5.09. The number of aromatic nitrogens is 1. The SMILES string of the molecule is Cc1ncsc1CN(C)C(=O)C(C)C(N)c1ccccc1. The van der Waals surface area contributed by atoms with Gasteiger partial charge in [0.15, 0.2) is 0 Å². The molecule has 1 aromatic carbocycles. The van der Waals surface area contributed by atoms with Crippen molar-refractivity contribution in [2.45, 2.75) is 26.4 Å². The first-order valence-electron chi connectivity index (χ1n) is 6.95. The Labute approximate surface area is 129 Å². The van der Waals surface area contributed by atoms with E-state index >= 15 is 0 Å². The number of carbonyl (C=O) groups is 1. The minimum Gasteiger partial charge on any atom is -0.340 e. The molecule has 0 fully saturated rings. The van der Waals surface area contributed by atoms with E-state index in [9.17, 15) is 4.79 Å². The van der Waals surface area contributed by atoms with Crippen LogP contribution in [0.2, 0.25) is 0 Å². The monoisotopic (exact) mass is 303 g/mol. The molecule has 0 bridgehead atoms. The predicted octanol–water partition coefficient (Wildman–Crippen LogP) is 2.75. The van der Waals surface area contributed by atoms with E-state index in [1.54, 1.807) is 16.2 Å². The smallest absolute Gasteiger partial charge is 0.227 e. The van der Waals surface area contributed by atoms with E-state index in [4.69, 9.17) is 5.73 Å². The lowest BCUT2D eigenvalue weighted by Crippen LogP contribution is -2.36. The van der Waals surface area contributed by atoms with Crippen LogP contribution in [0.4, 0.5) is 0 Å². The van der Waals surface area contributed by atoms with E-state index in [-0.39, 0.29) is 17.9 Å². The molecular weight excluding hydrogens is 282 g/mol. The van der Waals surface area contributed by atoms with Gasteiger partial charge in [0.2, 0.25) is 5.91 Å². The van der Waals surface area contributed by atoms with Gasteiger partial charge in [0.05, 0.1) is 23.7 Å². The van der Waals surface area contributed by atoms with Crippen molar-refractivity contribution in [3.05, 3.63) is 52.0 Å². The highest BCUT2D eigenvalue weighted by Crippen LogP contribution is 2.22. The largest absolute Gasteiger partial charge is 0.340 e. The first-order chi connectivity index (χ1) is 10.0. The lowest BCUT2D eigenvalue weighted by atomic mass is 9.94. The van der Waals surface area contributed by atoms with Crippen LogP contribution in [0.3, 0.4) is 0 Å². The highest BCUT2D eigenvalue weighted by molar-refractivity contribution is 7.09. The zero-order chi connectivity index (χ0) is 15.4. The lowest BCUT2D eigenvalue weighted by molar-refractivity contribution is -0.134. The third-order valence-corrected chi connectivity index (χ3v) is 4.63. The molecule has 0 aliphatic carbocycles. The van der Waals surface area contributed by atoms with Gasteiger partial charge in [-0.1, -0.05) is 37.3 Å². The van der Waals surface area contributed by atoms with E-state index in [1.165, 1.54) is 0 Å². The number of nitrogens with zero attached hydrogens (tertiary/aromatic N) is 2. The summed E-state index contributed by atoms with van der Waals surface area (Å²) in [5.41, 5.74) is 10.0. The van der Waals surface area contributed by atoms with E-state index in [0.717, 1.165) is 16.1 Å². The zero-order valence-electron chi connectivity index (χ0n) is 12.6. The number of nitrogens with two attached hydrogens (primary N) is 1. The maximum Gasteiger partial charge on any atom is 0.227 e. The van der Waals surface area contributed by atoms with Crippen molar-refractivity contribution in [2.75, 3.05) is 7.05 Å². The van der Waals surface area contributed by atoms with Crippen LogP contribution in [0, 0.1) is 12.8 Å². The third-order valence-electron chi connectivity index (χ3n) is 3.71. The molecule has 1 heterocycles. The normalized spacial score (nSPS) is 13.7.